The lowest BCUT2D eigenvalue weighted by Gasteiger charge is -2.00. The Balaban J connectivity index is 2.06. The first-order valence-corrected chi connectivity index (χ1v) is 4.38. The fraction of sp³-hybridized carbons (Fsp3) is 0.750. The molecule has 1 rings (SSSR count). The lowest BCUT2D eigenvalue weighted by Crippen LogP contribution is -2.16. The lowest BCUT2D eigenvalue weighted by molar-refractivity contribution is 0.194. The second-order valence-electron chi connectivity index (χ2n) is 2.91. The Kier molecular flexibility index (Phi) is 4.42. The van der Waals surface area contributed by atoms with E-state index in [0.717, 1.165) is 31.8 Å². The summed E-state index contributed by atoms with van der Waals surface area (Å²) >= 11 is 0. The van der Waals surface area contributed by atoms with Crippen molar-refractivity contribution >= 4 is 0 Å². The first kappa shape index (κ1) is 10.1. The largest absolute Gasteiger partial charge is 0.385 e. The van der Waals surface area contributed by atoms with Crippen LogP contribution in [0.4, 0.5) is 0 Å². The summed E-state index contributed by atoms with van der Waals surface area (Å²) in [7, 11) is 3.57. The van der Waals surface area contributed by atoms with Crippen LogP contribution in [0.5, 0.6) is 0 Å². The maximum Gasteiger partial charge on any atom is 0.0964 e. The van der Waals surface area contributed by atoms with Crippen LogP contribution < -0.4 is 5.32 Å². The zero-order valence-corrected chi connectivity index (χ0v) is 8.16. The lowest BCUT2D eigenvalue weighted by atomic mass is 10.4. The minimum Gasteiger partial charge on any atom is -0.385 e. The smallest absolute Gasteiger partial charge is 0.0964 e. The van der Waals surface area contributed by atoms with Crippen LogP contribution in [0.25, 0.3) is 0 Å². The molecule has 74 valence electrons. The van der Waals surface area contributed by atoms with E-state index in [1.807, 2.05) is 13.2 Å². The Morgan fingerprint density at radius 3 is 3.08 bits per heavy atom. The van der Waals surface area contributed by atoms with Crippen molar-refractivity contribution in [2.24, 2.45) is 7.05 Å². The van der Waals surface area contributed by atoms with Crippen molar-refractivity contribution in [1.29, 1.82) is 0 Å². The zero-order chi connectivity index (χ0) is 9.52. The number of aromatic nitrogens is 3. The maximum absolute atomic E-state index is 4.93. The summed E-state index contributed by atoms with van der Waals surface area (Å²) in [6.45, 7) is 2.52. The summed E-state index contributed by atoms with van der Waals surface area (Å²) in [5.41, 5.74) is 0.972. The molecule has 1 aromatic heterocycles. The number of methoxy groups -OCH3 is 1. The highest BCUT2D eigenvalue weighted by Crippen LogP contribution is 1.89. The molecule has 0 atom stereocenters. The van der Waals surface area contributed by atoms with Crippen molar-refractivity contribution in [2.45, 2.75) is 13.0 Å². The summed E-state index contributed by atoms with van der Waals surface area (Å²) in [5, 5.41) is 11.0. The van der Waals surface area contributed by atoms with Crippen LogP contribution in [-0.4, -0.2) is 35.3 Å². The summed E-state index contributed by atoms with van der Waals surface area (Å²) in [6, 6.07) is 0. The van der Waals surface area contributed by atoms with Crippen molar-refractivity contribution in [1.82, 2.24) is 20.3 Å². The normalized spacial score (nSPS) is 10.6. The van der Waals surface area contributed by atoms with Gasteiger partial charge in [0.2, 0.25) is 0 Å². The van der Waals surface area contributed by atoms with Crippen LogP contribution in [-0.2, 0) is 18.3 Å². The van der Waals surface area contributed by atoms with Gasteiger partial charge in [-0.3, -0.25) is 4.68 Å². The summed E-state index contributed by atoms with van der Waals surface area (Å²) in [4.78, 5) is 0. The fourth-order valence-corrected chi connectivity index (χ4v) is 1.03. The molecule has 0 fully saturated rings. The average Bonchev–Trinajstić information content (AvgIpc) is 2.51. The molecule has 0 aliphatic rings. The number of aryl methyl sites for hydroxylation is 1. The number of nitrogens with zero attached hydrogens (tertiary/aromatic N) is 3. The molecule has 0 bridgehead atoms. The number of rotatable bonds is 6. The predicted octanol–water partition coefficient (Wildman–Crippen LogP) is -0.0588. The monoisotopic (exact) mass is 184 g/mol. The number of hydrogen-bond donors (Lipinski definition) is 1. The van der Waals surface area contributed by atoms with Crippen molar-refractivity contribution in [3.63, 3.8) is 0 Å². The molecule has 0 radical (unpaired) electrons. The molecule has 0 spiro atoms. The van der Waals surface area contributed by atoms with Gasteiger partial charge in [-0.2, -0.15) is 0 Å². The highest BCUT2D eigenvalue weighted by molar-refractivity contribution is 4.90. The van der Waals surface area contributed by atoms with Gasteiger partial charge >= 0.3 is 0 Å². The average molecular weight is 184 g/mol. The van der Waals surface area contributed by atoms with Crippen LogP contribution in [0.2, 0.25) is 0 Å². The third-order valence-corrected chi connectivity index (χ3v) is 1.66. The Hall–Kier alpha value is -0.940. The molecular formula is C8H16N4O. The Labute approximate surface area is 78.1 Å². The van der Waals surface area contributed by atoms with E-state index in [4.69, 9.17) is 4.74 Å². The second kappa shape index (κ2) is 5.66. The van der Waals surface area contributed by atoms with E-state index in [2.05, 4.69) is 15.6 Å². The van der Waals surface area contributed by atoms with E-state index < -0.39 is 0 Å². The van der Waals surface area contributed by atoms with E-state index in [0.29, 0.717) is 0 Å². The molecule has 0 amide bonds. The molecule has 0 saturated carbocycles. The van der Waals surface area contributed by atoms with E-state index in [9.17, 15) is 0 Å². The van der Waals surface area contributed by atoms with Crippen LogP contribution in [0.15, 0.2) is 6.20 Å². The molecule has 0 aliphatic heterocycles. The maximum atomic E-state index is 4.93. The van der Waals surface area contributed by atoms with Gasteiger partial charge in [-0.25, -0.2) is 0 Å². The van der Waals surface area contributed by atoms with Gasteiger partial charge in [-0.1, -0.05) is 5.21 Å². The van der Waals surface area contributed by atoms with Crippen molar-refractivity contribution in [3.05, 3.63) is 11.9 Å². The van der Waals surface area contributed by atoms with Crippen molar-refractivity contribution in [3.8, 4) is 0 Å². The minimum absolute atomic E-state index is 0.775. The SMILES string of the molecule is COCCCNCc1cn(C)nn1. The Morgan fingerprint density at radius 1 is 1.62 bits per heavy atom. The highest BCUT2D eigenvalue weighted by Gasteiger charge is 1.96. The van der Waals surface area contributed by atoms with Gasteiger partial charge in [0.1, 0.15) is 0 Å². The zero-order valence-electron chi connectivity index (χ0n) is 8.16. The summed E-state index contributed by atoms with van der Waals surface area (Å²) < 4.78 is 6.63. The molecule has 13 heavy (non-hydrogen) atoms. The van der Waals surface area contributed by atoms with Crippen LogP contribution >= 0.6 is 0 Å². The number of hydrogen-bond acceptors (Lipinski definition) is 4. The van der Waals surface area contributed by atoms with E-state index in [1.54, 1.807) is 11.8 Å². The molecular weight excluding hydrogens is 168 g/mol. The molecule has 0 saturated heterocycles. The van der Waals surface area contributed by atoms with Gasteiger partial charge in [0, 0.05) is 33.5 Å². The molecule has 1 N–H and O–H groups in total. The Bertz CT molecular complexity index is 236. The molecule has 5 nitrogen and oxygen atoms in total. The third kappa shape index (κ3) is 4.00. The molecule has 0 aliphatic carbocycles. The van der Waals surface area contributed by atoms with E-state index >= 15 is 0 Å². The summed E-state index contributed by atoms with van der Waals surface area (Å²) in [6.07, 6.45) is 2.93. The topological polar surface area (TPSA) is 52.0 Å². The first-order chi connectivity index (χ1) is 6.33. The second-order valence-corrected chi connectivity index (χ2v) is 2.91. The van der Waals surface area contributed by atoms with Crippen LogP contribution in [0.3, 0.4) is 0 Å². The molecule has 0 unspecified atom stereocenters. The fourth-order valence-electron chi connectivity index (χ4n) is 1.03. The first-order valence-electron chi connectivity index (χ1n) is 4.38. The molecule has 5 heteroatoms. The predicted molar refractivity (Wildman–Crippen MR) is 49.2 cm³/mol. The van der Waals surface area contributed by atoms with Crippen LogP contribution in [0, 0.1) is 0 Å². The van der Waals surface area contributed by atoms with Gasteiger partial charge in [0.05, 0.1) is 5.69 Å². The van der Waals surface area contributed by atoms with Crippen molar-refractivity contribution in [2.75, 3.05) is 20.3 Å². The molecule has 0 aromatic carbocycles. The van der Waals surface area contributed by atoms with Gasteiger partial charge in [-0.05, 0) is 13.0 Å². The van der Waals surface area contributed by atoms with Crippen molar-refractivity contribution < 1.29 is 4.74 Å². The quantitative estimate of drug-likeness (QED) is 0.629. The van der Waals surface area contributed by atoms with E-state index in [-0.39, 0.29) is 0 Å². The molecule has 1 aromatic rings. The van der Waals surface area contributed by atoms with Gasteiger partial charge in [0.25, 0.3) is 0 Å². The van der Waals surface area contributed by atoms with Gasteiger partial charge in [-0.15, -0.1) is 5.10 Å². The minimum atomic E-state index is 0.775. The standard InChI is InChI=1S/C8H16N4O/c1-12-7-8(10-11-12)6-9-4-3-5-13-2/h7,9H,3-6H2,1-2H3. The van der Waals surface area contributed by atoms with Crippen LogP contribution in [0.1, 0.15) is 12.1 Å². The molecule has 1 heterocycles. The highest BCUT2D eigenvalue weighted by atomic mass is 16.5. The number of nitrogens with one attached hydrogen (secondary N) is 1. The summed E-state index contributed by atoms with van der Waals surface area (Å²) in [5.74, 6) is 0. The van der Waals surface area contributed by atoms with Gasteiger partial charge in [0.15, 0.2) is 0 Å². The Morgan fingerprint density at radius 2 is 2.46 bits per heavy atom. The van der Waals surface area contributed by atoms with E-state index in [1.165, 1.54) is 0 Å². The van der Waals surface area contributed by atoms with Gasteiger partial charge < -0.3 is 10.1 Å². The number of ether oxygens (including phenoxy) is 1. The third-order valence-electron chi connectivity index (χ3n) is 1.66.